The maximum atomic E-state index is 11.0. The summed E-state index contributed by atoms with van der Waals surface area (Å²) in [6.07, 6.45) is 1.08. The van der Waals surface area contributed by atoms with E-state index in [2.05, 4.69) is 16.8 Å². The normalized spacial score (nSPS) is 10.6. The summed E-state index contributed by atoms with van der Waals surface area (Å²) in [5.41, 5.74) is 2.73. The summed E-state index contributed by atoms with van der Waals surface area (Å²) in [5.74, 6) is -0.336. The van der Waals surface area contributed by atoms with E-state index in [1.54, 1.807) is 12.1 Å². The molecule has 0 spiro atoms. The van der Waals surface area contributed by atoms with Gasteiger partial charge in [0.25, 0.3) is 0 Å². The van der Waals surface area contributed by atoms with Crippen molar-refractivity contribution in [3.63, 3.8) is 0 Å². The molecule has 7 nitrogen and oxygen atoms in total. The van der Waals surface area contributed by atoms with E-state index in [0.717, 1.165) is 22.7 Å². The van der Waals surface area contributed by atoms with E-state index in [1.165, 1.54) is 4.80 Å². The number of benzene rings is 2. The minimum atomic E-state index is -0.523. The van der Waals surface area contributed by atoms with E-state index in [1.807, 2.05) is 31.2 Å². The molecule has 0 unspecified atom stereocenters. The van der Waals surface area contributed by atoms with Gasteiger partial charge in [0.15, 0.2) is 11.5 Å². The van der Waals surface area contributed by atoms with Crippen molar-refractivity contribution in [3.05, 3.63) is 54.6 Å². The lowest BCUT2D eigenvalue weighted by atomic mass is 10.2. The predicted octanol–water partition coefficient (Wildman–Crippen LogP) is 2.54. The number of esters is 1. The van der Waals surface area contributed by atoms with Crippen LogP contribution >= 0.6 is 0 Å². The number of aryl methyl sites for hydroxylation is 1. The van der Waals surface area contributed by atoms with Crippen LogP contribution in [0.25, 0.3) is 16.7 Å². The van der Waals surface area contributed by atoms with E-state index in [-0.39, 0.29) is 24.7 Å². The summed E-state index contributed by atoms with van der Waals surface area (Å²) in [4.78, 5) is 12.4. The molecule has 0 aliphatic carbocycles. The minimum absolute atomic E-state index is 0.0530. The average molecular weight is 339 g/mol. The van der Waals surface area contributed by atoms with Gasteiger partial charge in [-0.15, -0.1) is 15.0 Å². The Labute approximate surface area is 144 Å². The van der Waals surface area contributed by atoms with Crippen LogP contribution in [-0.2, 0) is 9.53 Å². The number of phenols is 1. The van der Waals surface area contributed by atoms with E-state index in [9.17, 15) is 9.90 Å². The second-order valence-corrected chi connectivity index (χ2v) is 5.33. The van der Waals surface area contributed by atoms with Crippen LogP contribution in [0.3, 0.4) is 0 Å². The van der Waals surface area contributed by atoms with Crippen LogP contribution in [-0.4, -0.2) is 39.3 Å². The largest absolute Gasteiger partial charge is 0.503 e. The first kappa shape index (κ1) is 16.5. The molecule has 1 aromatic heterocycles. The Morgan fingerprint density at radius 3 is 2.56 bits per heavy atom. The predicted molar refractivity (Wildman–Crippen MR) is 91.9 cm³/mol. The molecule has 1 N–H and O–H groups in total. The van der Waals surface area contributed by atoms with Crippen molar-refractivity contribution in [2.45, 2.75) is 6.92 Å². The molecule has 3 aromatic rings. The fourth-order valence-corrected chi connectivity index (χ4v) is 2.31. The zero-order valence-electron chi connectivity index (χ0n) is 13.7. The van der Waals surface area contributed by atoms with E-state index >= 15 is 0 Å². The highest BCUT2D eigenvalue weighted by Crippen LogP contribution is 2.34. The molecular weight excluding hydrogens is 322 g/mol. The van der Waals surface area contributed by atoms with Crippen LogP contribution < -0.4 is 4.74 Å². The Morgan fingerprint density at radius 2 is 1.92 bits per heavy atom. The third-order valence-corrected chi connectivity index (χ3v) is 3.45. The molecule has 1 heterocycles. The molecule has 7 heteroatoms. The number of hydrogen-bond donors (Lipinski definition) is 1. The van der Waals surface area contributed by atoms with Crippen LogP contribution in [0, 0.1) is 6.92 Å². The quantitative estimate of drug-likeness (QED) is 0.422. The maximum absolute atomic E-state index is 11.0. The van der Waals surface area contributed by atoms with Crippen molar-refractivity contribution in [1.82, 2.24) is 15.0 Å². The number of phenolic OH excluding ortho intramolecular Hbond substituents is 1. The lowest BCUT2D eigenvalue weighted by Crippen LogP contribution is -2.10. The third-order valence-electron chi connectivity index (χ3n) is 3.45. The number of ether oxygens (including phenoxy) is 2. The van der Waals surface area contributed by atoms with Crippen molar-refractivity contribution < 1.29 is 19.4 Å². The fourth-order valence-electron chi connectivity index (χ4n) is 2.31. The molecule has 2 aromatic carbocycles. The smallest absolute Gasteiger partial charge is 0.330 e. The summed E-state index contributed by atoms with van der Waals surface area (Å²) < 4.78 is 10.4. The van der Waals surface area contributed by atoms with Gasteiger partial charge in [-0.1, -0.05) is 18.7 Å². The zero-order valence-corrected chi connectivity index (χ0v) is 13.7. The molecule has 0 aliphatic heterocycles. The number of aromatic hydroxyl groups is 1. The molecule has 3 rings (SSSR count). The van der Waals surface area contributed by atoms with Crippen LogP contribution in [0.4, 0.5) is 0 Å². The van der Waals surface area contributed by atoms with Gasteiger partial charge < -0.3 is 14.6 Å². The van der Waals surface area contributed by atoms with Crippen molar-refractivity contribution in [1.29, 1.82) is 0 Å². The van der Waals surface area contributed by atoms with Gasteiger partial charge in [-0.3, -0.25) is 0 Å². The van der Waals surface area contributed by atoms with Crippen molar-refractivity contribution in [2.75, 3.05) is 13.2 Å². The Hall–Kier alpha value is -3.35. The zero-order chi connectivity index (χ0) is 17.8. The monoisotopic (exact) mass is 339 g/mol. The third kappa shape index (κ3) is 3.60. The highest BCUT2D eigenvalue weighted by molar-refractivity contribution is 5.81. The van der Waals surface area contributed by atoms with E-state index < -0.39 is 5.97 Å². The second kappa shape index (κ2) is 7.04. The summed E-state index contributed by atoms with van der Waals surface area (Å²) in [6, 6.07) is 10.9. The summed E-state index contributed by atoms with van der Waals surface area (Å²) >= 11 is 0. The first-order chi connectivity index (χ1) is 12.1. The number of rotatable bonds is 6. The molecule has 0 saturated carbocycles. The summed E-state index contributed by atoms with van der Waals surface area (Å²) in [7, 11) is 0. The van der Waals surface area contributed by atoms with Crippen LogP contribution in [0.2, 0.25) is 0 Å². The fraction of sp³-hybridized carbons (Fsp3) is 0.167. The van der Waals surface area contributed by atoms with Crippen molar-refractivity contribution in [2.24, 2.45) is 0 Å². The number of aromatic nitrogens is 3. The van der Waals surface area contributed by atoms with Crippen molar-refractivity contribution in [3.8, 4) is 17.2 Å². The number of hydrogen-bond acceptors (Lipinski definition) is 6. The summed E-state index contributed by atoms with van der Waals surface area (Å²) in [6.45, 7) is 5.34. The molecule has 25 heavy (non-hydrogen) atoms. The molecule has 0 aliphatic rings. The molecule has 0 fully saturated rings. The average Bonchev–Trinajstić information content (AvgIpc) is 3.04. The van der Waals surface area contributed by atoms with Crippen molar-refractivity contribution >= 4 is 17.0 Å². The second-order valence-electron chi connectivity index (χ2n) is 5.33. The number of carbonyl (C=O) groups excluding carboxylic acids is 1. The molecule has 128 valence electrons. The van der Waals surface area contributed by atoms with E-state index in [4.69, 9.17) is 9.47 Å². The lowest BCUT2D eigenvalue weighted by Gasteiger charge is -2.12. The van der Waals surface area contributed by atoms with Crippen LogP contribution in [0.15, 0.2) is 49.1 Å². The van der Waals surface area contributed by atoms with Gasteiger partial charge in [-0.25, -0.2) is 4.79 Å². The Morgan fingerprint density at radius 1 is 1.24 bits per heavy atom. The Bertz CT molecular complexity index is 900. The molecular formula is C18H17N3O4. The topological polar surface area (TPSA) is 86.5 Å². The Kier molecular flexibility index (Phi) is 4.65. The standard InChI is InChI=1S/C18H17N3O4/c1-3-17(22)25-9-8-24-16-11-12(2)10-15(18(16)23)21-19-13-6-4-5-7-14(13)20-21/h3-7,10-11,23H,1,8-9H2,2H3. The SMILES string of the molecule is C=CC(=O)OCCOc1cc(C)cc(-n2nc3ccccc3n2)c1O. The number of nitrogens with zero attached hydrogens (tertiary/aromatic N) is 3. The molecule has 0 bridgehead atoms. The van der Waals surface area contributed by atoms with E-state index in [0.29, 0.717) is 5.69 Å². The van der Waals surface area contributed by atoms with Crippen LogP contribution in [0.1, 0.15) is 5.56 Å². The lowest BCUT2D eigenvalue weighted by molar-refractivity contribution is -0.138. The minimum Gasteiger partial charge on any atom is -0.503 e. The van der Waals surface area contributed by atoms with Gasteiger partial charge in [0.2, 0.25) is 0 Å². The van der Waals surface area contributed by atoms with Gasteiger partial charge >= 0.3 is 5.97 Å². The molecule has 0 radical (unpaired) electrons. The van der Waals surface area contributed by atoms with Gasteiger partial charge in [0.1, 0.15) is 29.9 Å². The molecule has 0 amide bonds. The van der Waals surface area contributed by atoms with Gasteiger partial charge in [0.05, 0.1) is 0 Å². The Balaban J connectivity index is 1.84. The highest BCUT2D eigenvalue weighted by atomic mass is 16.6. The first-order valence-corrected chi connectivity index (χ1v) is 7.66. The van der Waals surface area contributed by atoms with Gasteiger partial charge in [-0.05, 0) is 36.8 Å². The number of fused-ring (bicyclic) bond motifs is 1. The van der Waals surface area contributed by atoms with Gasteiger partial charge in [0, 0.05) is 6.08 Å². The first-order valence-electron chi connectivity index (χ1n) is 7.66. The molecule has 0 atom stereocenters. The maximum Gasteiger partial charge on any atom is 0.330 e. The van der Waals surface area contributed by atoms with Gasteiger partial charge in [-0.2, -0.15) is 0 Å². The van der Waals surface area contributed by atoms with Crippen LogP contribution in [0.5, 0.6) is 11.5 Å². The molecule has 0 saturated heterocycles. The number of carbonyl (C=O) groups is 1. The highest BCUT2D eigenvalue weighted by Gasteiger charge is 2.14. The summed E-state index contributed by atoms with van der Waals surface area (Å²) in [5, 5.41) is 19.2.